The van der Waals surface area contributed by atoms with Gasteiger partial charge in [0.05, 0.1) is 0 Å². The molecule has 2 N–H and O–H groups in total. The molecule has 0 amide bonds. The first-order valence-electron chi connectivity index (χ1n) is 6.68. The van der Waals surface area contributed by atoms with Crippen LogP contribution in [0, 0.1) is 12.8 Å². The van der Waals surface area contributed by atoms with Gasteiger partial charge in [-0.3, -0.25) is 4.90 Å². The van der Waals surface area contributed by atoms with Gasteiger partial charge in [-0.25, -0.2) is 0 Å². The average Bonchev–Trinajstić information content (AvgIpc) is 2.34. The van der Waals surface area contributed by atoms with Crippen molar-refractivity contribution in [3.05, 3.63) is 35.4 Å². The summed E-state index contributed by atoms with van der Waals surface area (Å²) < 4.78 is 0. The van der Waals surface area contributed by atoms with E-state index in [2.05, 4.69) is 43.0 Å². The molecule has 94 valence electrons. The lowest BCUT2D eigenvalue weighted by Gasteiger charge is -2.38. The smallest absolute Gasteiger partial charge is 0.0237 e. The number of likely N-dealkylation sites (tertiary alicyclic amines) is 1. The molecule has 1 aliphatic heterocycles. The quantitative estimate of drug-likeness (QED) is 0.868. The Bertz CT molecular complexity index is 344. The van der Waals surface area contributed by atoms with Gasteiger partial charge in [-0.1, -0.05) is 36.8 Å². The van der Waals surface area contributed by atoms with Gasteiger partial charge < -0.3 is 5.73 Å². The van der Waals surface area contributed by atoms with Crippen LogP contribution in [0.5, 0.6) is 0 Å². The minimum atomic E-state index is 0.569. The summed E-state index contributed by atoms with van der Waals surface area (Å²) in [6, 6.07) is 9.43. The number of nitrogens with zero attached hydrogens (tertiary/aromatic N) is 1. The van der Waals surface area contributed by atoms with Crippen LogP contribution in [-0.2, 0) is 6.54 Å². The molecular formula is C15H24N2. The SMILES string of the molecule is Cc1ccc(CN2CCC(C)CC2CN)cc1. The standard InChI is InChI=1S/C15H24N2/c1-12-3-5-14(6-4-12)11-17-8-7-13(2)9-15(17)10-16/h3-6,13,15H,7-11,16H2,1-2H3. The molecule has 0 aromatic heterocycles. The van der Waals surface area contributed by atoms with Gasteiger partial charge in [0, 0.05) is 19.1 Å². The van der Waals surface area contributed by atoms with Gasteiger partial charge in [0.15, 0.2) is 0 Å². The van der Waals surface area contributed by atoms with Crippen LogP contribution in [0.1, 0.15) is 30.9 Å². The number of aryl methyl sites for hydroxylation is 1. The molecule has 2 unspecified atom stereocenters. The summed E-state index contributed by atoms with van der Waals surface area (Å²) in [7, 11) is 0. The minimum Gasteiger partial charge on any atom is -0.329 e. The molecule has 2 heteroatoms. The van der Waals surface area contributed by atoms with Crippen molar-refractivity contribution < 1.29 is 0 Å². The lowest BCUT2D eigenvalue weighted by atomic mass is 9.92. The highest BCUT2D eigenvalue weighted by Crippen LogP contribution is 2.23. The number of benzene rings is 1. The van der Waals surface area contributed by atoms with Gasteiger partial charge >= 0.3 is 0 Å². The number of hydrogen-bond donors (Lipinski definition) is 1. The molecule has 1 aromatic rings. The van der Waals surface area contributed by atoms with Crippen molar-refractivity contribution in [1.82, 2.24) is 4.90 Å². The van der Waals surface area contributed by atoms with Gasteiger partial charge in [-0.15, -0.1) is 0 Å². The van der Waals surface area contributed by atoms with Crippen molar-refractivity contribution in [3.8, 4) is 0 Å². The summed E-state index contributed by atoms with van der Waals surface area (Å²) in [5.74, 6) is 0.831. The molecule has 0 aliphatic carbocycles. The Hall–Kier alpha value is -0.860. The highest BCUT2D eigenvalue weighted by molar-refractivity contribution is 5.21. The zero-order valence-corrected chi connectivity index (χ0v) is 11.0. The summed E-state index contributed by atoms with van der Waals surface area (Å²) in [6.07, 6.45) is 2.56. The fraction of sp³-hybridized carbons (Fsp3) is 0.600. The van der Waals surface area contributed by atoms with E-state index < -0.39 is 0 Å². The molecule has 1 aliphatic rings. The number of hydrogen-bond acceptors (Lipinski definition) is 2. The summed E-state index contributed by atoms with van der Waals surface area (Å²) in [5.41, 5.74) is 8.63. The van der Waals surface area contributed by atoms with Gasteiger partial charge in [-0.05, 0) is 37.8 Å². The Morgan fingerprint density at radius 2 is 2.00 bits per heavy atom. The van der Waals surface area contributed by atoms with E-state index in [0.717, 1.165) is 19.0 Å². The maximum Gasteiger partial charge on any atom is 0.0237 e. The summed E-state index contributed by atoms with van der Waals surface area (Å²) in [5, 5.41) is 0. The van der Waals surface area contributed by atoms with Gasteiger partial charge in [0.2, 0.25) is 0 Å². The van der Waals surface area contributed by atoms with E-state index in [0.29, 0.717) is 6.04 Å². The zero-order chi connectivity index (χ0) is 12.3. The largest absolute Gasteiger partial charge is 0.329 e. The summed E-state index contributed by atoms with van der Waals surface area (Å²) >= 11 is 0. The molecule has 0 saturated carbocycles. The third-order valence-corrected chi connectivity index (χ3v) is 3.88. The molecule has 0 spiro atoms. The second-order valence-corrected chi connectivity index (χ2v) is 5.48. The number of piperidine rings is 1. The van der Waals surface area contributed by atoms with Crippen molar-refractivity contribution in [3.63, 3.8) is 0 Å². The van der Waals surface area contributed by atoms with Crippen molar-refractivity contribution in [1.29, 1.82) is 0 Å². The Morgan fingerprint density at radius 1 is 1.29 bits per heavy atom. The zero-order valence-electron chi connectivity index (χ0n) is 11.0. The highest BCUT2D eigenvalue weighted by atomic mass is 15.2. The predicted octanol–water partition coefficient (Wildman–Crippen LogP) is 2.55. The molecule has 2 nitrogen and oxygen atoms in total. The Morgan fingerprint density at radius 3 is 2.65 bits per heavy atom. The third kappa shape index (κ3) is 3.30. The normalized spacial score (nSPS) is 26.1. The fourth-order valence-electron chi connectivity index (χ4n) is 2.68. The van der Waals surface area contributed by atoms with Crippen LogP contribution < -0.4 is 5.73 Å². The van der Waals surface area contributed by atoms with Gasteiger partial charge in [-0.2, -0.15) is 0 Å². The second-order valence-electron chi connectivity index (χ2n) is 5.48. The molecule has 1 heterocycles. The predicted molar refractivity (Wildman–Crippen MR) is 72.8 cm³/mol. The van der Waals surface area contributed by atoms with Crippen molar-refractivity contribution in [2.75, 3.05) is 13.1 Å². The molecule has 0 bridgehead atoms. The summed E-state index contributed by atoms with van der Waals surface area (Å²) in [6.45, 7) is 7.50. The van der Waals surface area contributed by atoms with Crippen LogP contribution in [0.2, 0.25) is 0 Å². The molecule has 2 atom stereocenters. The van der Waals surface area contributed by atoms with Gasteiger partial charge in [0.25, 0.3) is 0 Å². The van der Waals surface area contributed by atoms with E-state index in [1.165, 1.54) is 30.5 Å². The van der Waals surface area contributed by atoms with Crippen LogP contribution in [0.4, 0.5) is 0 Å². The van der Waals surface area contributed by atoms with Crippen molar-refractivity contribution in [2.45, 2.75) is 39.3 Å². The Labute approximate surface area is 105 Å². The van der Waals surface area contributed by atoms with Crippen molar-refractivity contribution >= 4 is 0 Å². The number of rotatable bonds is 3. The first-order chi connectivity index (χ1) is 8.19. The first kappa shape index (κ1) is 12.6. The maximum atomic E-state index is 5.89. The van der Waals surface area contributed by atoms with Gasteiger partial charge in [0.1, 0.15) is 0 Å². The second kappa shape index (κ2) is 5.65. The van der Waals surface area contributed by atoms with Crippen LogP contribution in [0.25, 0.3) is 0 Å². The fourth-order valence-corrected chi connectivity index (χ4v) is 2.68. The molecule has 0 radical (unpaired) electrons. The first-order valence-corrected chi connectivity index (χ1v) is 6.68. The van der Waals surface area contributed by atoms with E-state index in [-0.39, 0.29) is 0 Å². The average molecular weight is 232 g/mol. The summed E-state index contributed by atoms with van der Waals surface area (Å²) in [4.78, 5) is 2.55. The van der Waals surface area contributed by atoms with E-state index >= 15 is 0 Å². The van der Waals surface area contributed by atoms with E-state index in [4.69, 9.17) is 5.73 Å². The molecular weight excluding hydrogens is 208 g/mol. The molecule has 1 fully saturated rings. The molecule has 2 rings (SSSR count). The lowest BCUT2D eigenvalue weighted by Crippen LogP contribution is -2.45. The van der Waals surface area contributed by atoms with Crippen LogP contribution in [-0.4, -0.2) is 24.0 Å². The lowest BCUT2D eigenvalue weighted by molar-refractivity contribution is 0.115. The van der Waals surface area contributed by atoms with E-state index in [1.54, 1.807) is 0 Å². The molecule has 17 heavy (non-hydrogen) atoms. The number of nitrogens with two attached hydrogens (primary N) is 1. The Kier molecular flexibility index (Phi) is 4.19. The van der Waals surface area contributed by atoms with Crippen LogP contribution >= 0.6 is 0 Å². The Balaban J connectivity index is 1.99. The molecule has 1 aromatic carbocycles. The van der Waals surface area contributed by atoms with Crippen molar-refractivity contribution in [2.24, 2.45) is 11.7 Å². The van der Waals surface area contributed by atoms with E-state index in [9.17, 15) is 0 Å². The van der Waals surface area contributed by atoms with E-state index in [1.807, 2.05) is 0 Å². The minimum absolute atomic E-state index is 0.569. The topological polar surface area (TPSA) is 29.3 Å². The molecule has 1 saturated heterocycles. The third-order valence-electron chi connectivity index (χ3n) is 3.88. The maximum absolute atomic E-state index is 5.89. The van der Waals surface area contributed by atoms with Crippen LogP contribution in [0.3, 0.4) is 0 Å². The highest BCUT2D eigenvalue weighted by Gasteiger charge is 2.24. The monoisotopic (exact) mass is 232 g/mol. The van der Waals surface area contributed by atoms with Crippen LogP contribution in [0.15, 0.2) is 24.3 Å².